The van der Waals surface area contributed by atoms with Crippen molar-refractivity contribution in [1.82, 2.24) is 20.4 Å². The molecule has 2 aromatic heterocycles. The minimum absolute atomic E-state index is 0.0529. The van der Waals surface area contributed by atoms with Crippen LogP contribution >= 0.6 is 11.3 Å². The Labute approximate surface area is 143 Å². The fourth-order valence-corrected chi connectivity index (χ4v) is 3.04. The molecule has 0 aliphatic rings. The highest BCUT2D eigenvalue weighted by Crippen LogP contribution is 2.19. The van der Waals surface area contributed by atoms with E-state index >= 15 is 0 Å². The first-order valence-corrected chi connectivity index (χ1v) is 8.44. The number of thiophene rings is 1. The SMILES string of the molecule is O=C(NCc1ccc(F)cc1)NC[C@@H](c1ccsc1)n1cccn1. The number of urea groups is 1. The molecular weight excluding hydrogens is 327 g/mol. The van der Waals surface area contributed by atoms with Crippen LogP contribution in [0.1, 0.15) is 17.2 Å². The van der Waals surface area contributed by atoms with E-state index < -0.39 is 0 Å². The van der Waals surface area contributed by atoms with Crippen LogP contribution in [0.3, 0.4) is 0 Å². The van der Waals surface area contributed by atoms with E-state index in [9.17, 15) is 9.18 Å². The number of hydrogen-bond donors (Lipinski definition) is 2. The maximum absolute atomic E-state index is 12.9. The molecule has 1 aromatic carbocycles. The molecule has 2 N–H and O–H groups in total. The van der Waals surface area contributed by atoms with Crippen LogP contribution in [-0.2, 0) is 6.54 Å². The van der Waals surface area contributed by atoms with E-state index in [-0.39, 0.29) is 17.9 Å². The fourth-order valence-electron chi connectivity index (χ4n) is 2.33. The van der Waals surface area contributed by atoms with Gasteiger partial charge in [-0.05, 0) is 46.2 Å². The molecule has 0 saturated heterocycles. The zero-order valence-electron chi connectivity index (χ0n) is 12.9. The van der Waals surface area contributed by atoms with Crippen molar-refractivity contribution >= 4 is 17.4 Å². The Morgan fingerprint density at radius 3 is 2.75 bits per heavy atom. The predicted octanol–water partition coefficient (Wildman–Crippen LogP) is 3.17. The number of carbonyl (C=O) groups excluding carboxylic acids is 1. The summed E-state index contributed by atoms with van der Waals surface area (Å²) >= 11 is 1.61. The molecule has 0 bridgehead atoms. The van der Waals surface area contributed by atoms with E-state index in [4.69, 9.17) is 0 Å². The average molecular weight is 344 g/mol. The summed E-state index contributed by atoms with van der Waals surface area (Å²) in [6.07, 6.45) is 3.59. The van der Waals surface area contributed by atoms with Crippen molar-refractivity contribution in [3.05, 3.63) is 76.5 Å². The van der Waals surface area contributed by atoms with Gasteiger partial charge in [0, 0.05) is 25.5 Å². The Morgan fingerprint density at radius 1 is 1.25 bits per heavy atom. The zero-order chi connectivity index (χ0) is 16.8. The van der Waals surface area contributed by atoms with Crippen molar-refractivity contribution in [1.29, 1.82) is 0 Å². The van der Waals surface area contributed by atoms with Crippen LogP contribution in [0.5, 0.6) is 0 Å². The normalized spacial score (nSPS) is 11.9. The summed E-state index contributed by atoms with van der Waals surface area (Å²) in [5.41, 5.74) is 1.94. The van der Waals surface area contributed by atoms with Gasteiger partial charge in [-0.15, -0.1) is 0 Å². The number of hydrogen-bond acceptors (Lipinski definition) is 3. The molecule has 0 unspecified atom stereocenters. The minimum Gasteiger partial charge on any atom is -0.336 e. The standard InChI is InChI=1S/C17H17FN4OS/c18-15-4-2-13(3-5-15)10-19-17(23)20-11-16(14-6-9-24-12-14)22-8-1-7-21-22/h1-9,12,16H,10-11H2,(H2,19,20,23)/t16-/m0/s1. The summed E-state index contributed by atoms with van der Waals surface area (Å²) < 4.78 is 14.7. The van der Waals surface area contributed by atoms with Gasteiger partial charge in [-0.1, -0.05) is 12.1 Å². The number of carbonyl (C=O) groups is 1. The van der Waals surface area contributed by atoms with Gasteiger partial charge in [-0.25, -0.2) is 9.18 Å². The van der Waals surface area contributed by atoms with E-state index in [0.29, 0.717) is 13.1 Å². The summed E-state index contributed by atoms with van der Waals surface area (Å²) in [6.45, 7) is 0.769. The molecule has 0 aliphatic carbocycles. The van der Waals surface area contributed by atoms with E-state index in [1.54, 1.807) is 29.7 Å². The smallest absolute Gasteiger partial charge is 0.315 e. The topological polar surface area (TPSA) is 59.0 Å². The van der Waals surface area contributed by atoms with Gasteiger partial charge in [0.25, 0.3) is 0 Å². The minimum atomic E-state index is -0.291. The van der Waals surface area contributed by atoms with Crippen LogP contribution in [0.4, 0.5) is 9.18 Å². The summed E-state index contributed by atoms with van der Waals surface area (Å²) in [4.78, 5) is 12.0. The molecule has 0 aliphatic heterocycles. The van der Waals surface area contributed by atoms with Crippen molar-refractivity contribution in [2.24, 2.45) is 0 Å². The summed E-state index contributed by atoms with van der Waals surface area (Å²) in [5, 5.41) is 13.9. The lowest BCUT2D eigenvalue weighted by Crippen LogP contribution is -2.38. The maximum Gasteiger partial charge on any atom is 0.315 e. The van der Waals surface area contributed by atoms with Gasteiger partial charge in [-0.3, -0.25) is 4.68 Å². The second-order valence-electron chi connectivity index (χ2n) is 5.25. The van der Waals surface area contributed by atoms with Crippen molar-refractivity contribution in [3.63, 3.8) is 0 Å². The number of halogens is 1. The van der Waals surface area contributed by atoms with E-state index in [1.165, 1.54) is 12.1 Å². The van der Waals surface area contributed by atoms with Crippen molar-refractivity contribution in [2.75, 3.05) is 6.54 Å². The first-order chi connectivity index (χ1) is 11.7. The average Bonchev–Trinajstić information content (AvgIpc) is 3.29. The van der Waals surface area contributed by atoms with E-state index in [2.05, 4.69) is 15.7 Å². The lowest BCUT2D eigenvalue weighted by Gasteiger charge is -2.17. The molecule has 0 fully saturated rings. The van der Waals surface area contributed by atoms with Crippen molar-refractivity contribution in [3.8, 4) is 0 Å². The second kappa shape index (κ2) is 7.74. The highest BCUT2D eigenvalue weighted by molar-refractivity contribution is 7.07. The Bertz CT molecular complexity index is 722. The molecular formula is C17H17FN4OS. The van der Waals surface area contributed by atoms with Crippen LogP contribution in [0.15, 0.2) is 59.6 Å². The lowest BCUT2D eigenvalue weighted by atomic mass is 10.1. The molecule has 7 heteroatoms. The molecule has 0 spiro atoms. The van der Waals surface area contributed by atoms with Crippen LogP contribution in [0.25, 0.3) is 0 Å². The number of nitrogens with one attached hydrogen (secondary N) is 2. The first kappa shape index (κ1) is 16.2. The molecule has 24 heavy (non-hydrogen) atoms. The third kappa shape index (κ3) is 4.20. The number of nitrogens with zero attached hydrogens (tertiary/aromatic N) is 2. The van der Waals surface area contributed by atoms with Gasteiger partial charge in [0.2, 0.25) is 0 Å². The largest absolute Gasteiger partial charge is 0.336 e. The summed E-state index contributed by atoms with van der Waals surface area (Å²) in [5.74, 6) is -0.291. The molecule has 3 rings (SSSR count). The highest BCUT2D eigenvalue weighted by atomic mass is 32.1. The van der Waals surface area contributed by atoms with Gasteiger partial charge in [0.05, 0.1) is 6.04 Å². The third-order valence-corrected chi connectivity index (χ3v) is 4.30. The van der Waals surface area contributed by atoms with Crippen LogP contribution in [0.2, 0.25) is 0 Å². The molecule has 1 atom stereocenters. The van der Waals surface area contributed by atoms with Gasteiger partial charge >= 0.3 is 6.03 Å². The Balaban J connectivity index is 1.54. The number of rotatable bonds is 6. The van der Waals surface area contributed by atoms with E-state index in [0.717, 1.165) is 11.1 Å². The number of amides is 2. The first-order valence-electron chi connectivity index (χ1n) is 7.50. The van der Waals surface area contributed by atoms with Gasteiger partial charge < -0.3 is 10.6 Å². The zero-order valence-corrected chi connectivity index (χ0v) is 13.7. The van der Waals surface area contributed by atoms with Crippen LogP contribution in [0, 0.1) is 5.82 Å². The highest BCUT2D eigenvalue weighted by Gasteiger charge is 2.15. The van der Waals surface area contributed by atoms with E-state index in [1.807, 2.05) is 33.8 Å². The van der Waals surface area contributed by atoms with Crippen LogP contribution < -0.4 is 10.6 Å². The number of benzene rings is 1. The monoisotopic (exact) mass is 344 g/mol. The third-order valence-electron chi connectivity index (χ3n) is 3.59. The summed E-state index contributed by atoms with van der Waals surface area (Å²) in [7, 11) is 0. The lowest BCUT2D eigenvalue weighted by molar-refractivity contribution is 0.239. The summed E-state index contributed by atoms with van der Waals surface area (Å²) in [6, 6.07) is 9.59. The quantitative estimate of drug-likeness (QED) is 0.721. The molecule has 5 nitrogen and oxygen atoms in total. The molecule has 124 valence electrons. The molecule has 0 radical (unpaired) electrons. The molecule has 3 aromatic rings. The predicted molar refractivity (Wildman–Crippen MR) is 91.3 cm³/mol. The molecule has 2 amide bonds. The Hall–Kier alpha value is -2.67. The molecule has 0 saturated carbocycles. The fraction of sp³-hybridized carbons (Fsp3) is 0.176. The second-order valence-corrected chi connectivity index (χ2v) is 6.03. The van der Waals surface area contributed by atoms with Crippen LogP contribution in [-0.4, -0.2) is 22.4 Å². The maximum atomic E-state index is 12.9. The van der Waals surface area contributed by atoms with Gasteiger partial charge in [0.15, 0.2) is 0 Å². The van der Waals surface area contributed by atoms with Crippen molar-refractivity contribution < 1.29 is 9.18 Å². The Kier molecular flexibility index (Phi) is 5.22. The van der Waals surface area contributed by atoms with Gasteiger partial charge in [0.1, 0.15) is 5.82 Å². The van der Waals surface area contributed by atoms with Gasteiger partial charge in [-0.2, -0.15) is 16.4 Å². The van der Waals surface area contributed by atoms with Crippen molar-refractivity contribution in [2.45, 2.75) is 12.6 Å². The Morgan fingerprint density at radius 2 is 2.08 bits per heavy atom. The molecule has 2 heterocycles. The number of aromatic nitrogens is 2.